The Balaban J connectivity index is 2.14. The monoisotopic (exact) mass is 280 g/mol. The zero-order chi connectivity index (χ0) is 14.9. The van der Waals surface area contributed by atoms with Gasteiger partial charge in [0.1, 0.15) is 12.1 Å². The Bertz CT molecular complexity index is 388. The van der Waals surface area contributed by atoms with Crippen molar-refractivity contribution in [2.75, 3.05) is 6.54 Å². The minimum Gasteiger partial charge on any atom is -0.342 e. The third-order valence-corrected chi connectivity index (χ3v) is 4.88. The van der Waals surface area contributed by atoms with Gasteiger partial charge in [-0.15, -0.1) is 0 Å². The normalized spacial score (nSPS) is 28.8. The fourth-order valence-corrected chi connectivity index (χ4v) is 3.21. The molecule has 2 unspecified atom stereocenters. The lowest BCUT2D eigenvalue weighted by atomic mass is 9.95. The highest BCUT2D eigenvalue weighted by Gasteiger charge is 2.48. The molecule has 2 amide bonds. The van der Waals surface area contributed by atoms with Gasteiger partial charge < -0.3 is 10.2 Å². The third kappa shape index (κ3) is 2.99. The summed E-state index contributed by atoms with van der Waals surface area (Å²) in [5.74, 6) is 0.569. The second-order valence-electron chi connectivity index (χ2n) is 6.93. The quantitative estimate of drug-likeness (QED) is 0.812. The highest BCUT2D eigenvalue weighted by atomic mass is 16.2. The van der Waals surface area contributed by atoms with E-state index in [4.69, 9.17) is 0 Å². The fraction of sp³-hybridized carbons (Fsp3) is 0.875. The lowest BCUT2D eigenvalue weighted by molar-refractivity contribution is -0.151. The summed E-state index contributed by atoms with van der Waals surface area (Å²) in [6.45, 7) is 9.12. The molecule has 1 heterocycles. The van der Waals surface area contributed by atoms with Crippen LogP contribution in [0.25, 0.3) is 0 Å². The van der Waals surface area contributed by atoms with Gasteiger partial charge >= 0.3 is 0 Å². The SMILES string of the molecule is CCC1C(=O)NC(CC(C)C)C(=O)N1CC1(CC)CC1. The van der Waals surface area contributed by atoms with Crippen LogP contribution >= 0.6 is 0 Å². The summed E-state index contributed by atoms with van der Waals surface area (Å²) in [4.78, 5) is 26.8. The first-order valence-corrected chi connectivity index (χ1v) is 8.03. The van der Waals surface area contributed by atoms with Crippen molar-refractivity contribution in [1.82, 2.24) is 10.2 Å². The van der Waals surface area contributed by atoms with Crippen LogP contribution in [0.1, 0.15) is 59.8 Å². The Morgan fingerprint density at radius 1 is 1.30 bits per heavy atom. The summed E-state index contributed by atoms with van der Waals surface area (Å²) >= 11 is 0. The van der Waals surface area contributed by atoms with Gasteiger partial charge in [-0.25, -0.2) is 0 Å². The van der Waals surface area contributed by atoms with Gasteiger partial charge in [0.15, 0.2) is 0 Å². The number of hydrogen-bond donors (Lipinski definition) is 1. The lowest BCUT2D eigenvalue weighted by Gasteiger charge is -2.41. The average molecular weight is 280 g/mol. The van der Waals surface area contributed by atoms with Crippen LogP contribution in [0, 0.1) is 11.3 Å². The molecule has 0 aromatic rings. The molecule has 0 spiro atoms. The average Bonchev–Trinajstić information content (AvgIpc) is 3.15. The topological polar surface area (TPSA) is 49.4 Å². The number of amides is 2. The van der Waals surface area contributed by atoms with Gasteiger partial charge in [0.25, 0.3) is 0 Å². The Morgan fingerprint density at radius 3 is 2.40 bits per heavy atom. The smallest absolute Gasteiger partial charge is 0.245 e. The van der Waals surface area contributed by atoms with E-state index in [-0.39, 0.29) is 23.9 Å². The number of nitrogens with zero attached hydrogens (tertiary/aromatic N) is 1. The van der Waals surface area contributed by atoms with E-state index >= 15 is 0 Å². The number of carbonyl (C=O) groups is 2. The highest BCUT2D eigenvalue weighted by molar-refractivity contribution is 5.97. The van der Waals surface area contributed by atoms with Crippen molar-refractivity contribution in [2.45, 2.75) is 71.9 Å². The van der Waals surface area contributed by atoms with Gasteiger partial charge in [-0.2, -0.15) is 0 Å². The number of piperazine rings is 1. The summed E-state index contributed by atoms with van der Waals surface area (Å²) < 4.78 is 0. The van der Waals surface area contributed by atoms with Crippen molar-refractivity contribution in [3.05, 3.63) is 0 Å². The predicted octanol–water partition coefficient (Wildman–Crippen LogP) is 2.33. The summed E-state index contributed by atoms with van der Waals surface area (Å²) in [5.41, 5.74) is 0.295. The zero-order valence-electron chi connectivity index (χ0n) is 13.2. The number of rotatable bonds is 6. The molecular formula is C16H28N2O2. The molecule has 20 heavy (non-hydrogen) atoms. The van der Waals surface area contributed by atoms with Crippen molar-refractivity contribution < 1.29 is 9.59 Å². The van der Waals surface area contributed by atoms with E-state index in [1.54, 1.807) is 0 Å². The number of carbonyl (C=O) groups excluding carboxylic acids is 2. The van der Waals surface area contributed by atoms with Crippen molar-refractivity contribution in [1.29, 1.82) is 0 Å². The van der Waals surface area contributed by atoms with Crippen LogP contribution in [0.2, 0.25) is 0 Å². The van der Waals surface area contributed by atoms with Gasteiger partial charge in [-0.1, -0.05) is 27.7 Å². The van der Waals surface area contributed by atoms with Gasteiger partial charge in [0, 0.05) is 6.54 Å². The van der Waals surface area contributed by atoms with Crippen LogP contribution < -0.4 is 5.32 Å². The summed E-state index contributed by atoms with van der Waals surface area (Å²) in [6.07, 6.45) is 4.92. The van der Waals surface area contributed by atoms with Crippen LogP contribution in [0.4, 0.5) is 0 Å². The maximum Gasteiger partial charge on any atom is 0.245 e. The summed E-state index contributed by atoms with van der Waals surface area (Å²) in [6, 6.07) is -0.590. The summed E-state index contributed by atoms with van der Waals surface area (Å²) in [7, 11) is 0. The zero-order valence-corrected chi connectivity index (χ0v) is 13.2. The first kappa shape index (κ1) is 15.3. The molecular weight excluding hydrogens is 252 g/mol. The number of nitrogens with one attached hydrogen (secondary N) is 1. The van der Waals surface area contributed by atoms with Crippen molar-refractivity contribution in [3.63, 3.8) is 0 Å². The molecule has 0 radical (unpaired) electrons. The van der Waals surface area contributed by atoms with E-state index in [0.717, 1.165) is 19.4 Å². The van der Waals surface area contributed by atoms with E-state index in [1.807, 2.05) is 11.8 Å². The lowest BCUT2D eigenvalue weighted by Crippen LogP contribution is -2.64. The second kappa shape index (κ2) is 5.74. The van der Waals surface area contributed by atoms with Crippen molar-refractivity contribution >= 4 is 11.8 Å². The first-order valence-electron chi connectivity index (χ1n) is 8.03. The maximum absolute atomic E-state index is 12.7. The Morgan fingerprint density at radius 2 is 1.95 bits per heavy atom. The van der Waals surface area contributed by atoms with E-state index < -0.39 is 0 Å². The molecule has 0 aromatic heterocycles. The first-order chi connectivity index (χ1) is 9.42. The Hall–Kier alpha value is -1.06. The number of hydrogen-bond acceptors (Lipinski definition) is 2. The maximum atomic E-state index is 12.7. The molecule has 0 aromatic carbocycles. The van der Waals surface area contributed by atoms with Crippen LogP contribution in [0.3, 0.4) is 0 Å². The summed E-state index contributed by atoms with van der Waals surface area (Å²) in [5, 5.41) is 2.92. The fourth-order valence-electron chi connectivity index (χ4n) is 3.21. The van der Waals surface area contributed by atoms with Crippen molar-refractivity contribution in [2.24, 2.45) is 11.3 Å². The molecule has 2 aliphatic rings. The molecule has 2 atom stereocenters. The third-order valence-electron chi connectivity index (χ3n) is 4.88. The van der Waals surface area contributed by atoms with Gasteiger partial charge in [0.05, 0.1) is 0 Å². The minimum atomic E-state index is -0.321. The highest BCUT2D eigenvalue weighted by Crippen LogP contribution is 2.49. The minimum absolute atomic E-state index is 0.0321. The van der Waals surface area contributed by atoms with Crippen LogP contribution in [0.15, 0.2) is 0 Å². The van der Waals surface area contributed by atoms with Crippen molar-refractivity contribution in [3.8, 4) is 0 Å². The Labute approximate surface area is 122 Å². The van der Waals surface area contributed by atoms with Gasteiger partial charge in [-0.05, 0) is 43.4 Å². The Kier molecular flexibility index (Phi) is 4.40. The molecule has 2 rings (SSSR count). The van der Waals surface area contributed by atoms with Crippen LogP contribution in [-0.2, 0) is 9.59 Å². The molecule has 114 valence electrons. The molecule has 4 heteroatoms. The van der Waals surface area contributed by atoms with Crippen LogP contribution in [-0.4, -0.2) is 35.3 Å². The van der Waals surface area contributed by atoms with Gasteiger partial charge in [-0.3, -0.25) is 9.59 Å². The molecule has 1 N–H and O–H groups in total. The molecule has 0 bridgehead atoms. The molecule has 1 aliphatic carbocycles. The molecule has 2 fully saturated rings. The van der Waals surface area contributed by atoms with E-state index in [2.05, 4.69) is 26.1 Å². The standard InChI is InChI=1S/C16H28N2O2/c1-5-13-14(19)17-12(9-11(3)4)15(20)18(13)10-16(6-2)7-8-16/h11-13H,5-10H2,1-4H3,(H,17,19). The molecule has 1 saturated carbocycles. The molecule has 1 aliphatic heterocycles. The van der Waals surface area contributed by atoms with E-state index in [1.165, 1.54) is 12.8 Å². The second-order valence-corrected chi connectivity index (χ2v) is 6.93. The molecule has 4 nitrogen and oxygen atoms in total. The van der Waals surface area contributed by atoms with E-state index in [9.17, 15) is 9.59 Å². The van der Waals surface area contributed by atoms with Crippen LogP contribution in [0.5, 0.6) is 0 Å². The largest absolute Gasteiger partial charge is 0.342 e. The van der Waals surface area contributed by atoms with E-state index in [0.29, 0.717) is 17.8 Å². The molecule has 1 saturated heterocycles. The predicted molar refractivity (Wildman–Crippen MR) is 79.1 cm³/mol. The van der Waals surface area contributed by atoms with Gasteiger partial charge in [0.2, 0.25) is 11.8 Å².